The second-order valence-electron chi connectivity index (χ2n) is 6.02. The molecule has 2 aromatic carbocycles. The number of methoxy groups -OCH3 is 1. The van der Waals surface area contributed by atoms with Crippen molar-refractivity contribution in [1.29, 1.82) is 0 Å². The average Bonchev–Trinajstić information content (AvgIpc) is 2.62. The number of carbonyl (C=O) groups is 2. The Morgan fingerprint density at radius 1 is 0.913 bits per heavy atom. The molecule has 0 aliphatic heterocycles. The Hall–Kier alpha value is -2.42. The molecule has 3 heteroatoms. The van der Waals surface area contributed by atoms with Gasteiger partial charge in [-0.1, -0.05) is 60.7 Å². The van der Waals surface area contributed by atoms with E-state index in [0.29, 0.717) is 12.8 Å². The van der Waals surface area contributed by atoms with Crippen molar-refractivity contribution in [2.45, 2.75) is 24.7 Å². The van der Waals surface area contributed by atoms with Crippen molar-refractivity contribution in [3.8, 4) is 0 Å². The maximum atomic E-state index is 12.5. The summed E-state index contributed by atoms with van der Waals surface area (Å²) in [4.78, 5) is 24.4. The first-order valence-corrected chi connectivity index (χ1v) is 7.91. The molecule has 3 unspecified atom stereocenters. The van der Waals surface area contributed by atoms with Gasteiger partial charge in [0.15, 0.2) is 0 Å². The Morgan fingerprint density at radius 2 is 1.43 bits per heavy atom. The van der Waals surface area contributed by atoms with Gasteiger partial charge in [-0.05, 0) is 29.4 Å². The highest BCUT2D eigenvalue weighted by Gasteiger charge is 2.41. The molecule has 3 atom stereocenters. The molecule has 2 aromatic rings. The van der Waals surface area contributed by atoms with Crippen molar-refractivity contribution in [3.63, 3.8) is 0 Å². The molecule has 1 saturated carbocycles. The number of Topliss-reactive ketones (excluding diaryl/α,β-unsaturated/α-hetero) is 1. The van der Waals surface area contributed by atoms with Crippen molar-refractivity contribution in [3.05, 3.63) is 71.8 Å². The second-order valence-corrected chi connectivity index (χ2v) is 6.02. The third kappa shape index (κ3) is 3.19. The van der Waals surface area contributed by atoms with Gasteiger partial charge in [-0.15, -0.1) is 0 Å². The summed E-state index contributed by atoms with van der Waals surface area (Å²) >= 11 is 0. The number of esters is 1. The van der Waals surface area contributed by atoms with E-state index in [2.05, 4.69) is 24.3 Å². The lowest BCUT2D eigenvalue weighted by atomic mass is 9.68. The molecular formula is C20H20O3. The van der Waals surface area contributed by atoms with Gasteiger partial charge in [-0.2, -0.15) is 0 Å². The van der Waals surface area contributed by atoms with Crippen molar-refractivity contribution in [2.24, 2.45) is 5.92 Å². The Balaban J connectivity index is 1.97. The molecule has 0 spiro atoms. The Labute approximate surface area is 136 Å². The van der Waals surface area contributed by atoms with Crippen LogP contribution in [-0.2, 0) is 14.3 Å². The van der Waals surface area contributed by atoms with E-state index in [4.69, 9.17) is 4.74 Å². The highest BCUT2D eigenvalue weighted by atomic mass is 16.5. The molecule has 0 radical (unpaired) electrons. The summed E-state index contributed by atoms with van der Waals surface area (Å²) in [5.74, 6) is -0.835. The number of carbonyl (C=O) groups excluding carboxylic acids is 2. The standard InChI is InChI=1S/C20H20O3/c1-23-20(22)18-12-16(14-8-4-2-5-9-14)17(13-19(18)21)15-10-6-3-7-11-15/h2-11,16-18H,12-13H2,1H3. The number of ketones is 1. The van der Waals surface area contributed by atoms with Gasteiger partial charge in [0.1, 0.15) is 11.7 Å². The minimum atomic E-state index is -0.648. The van der Waals surface area contributed by atoms with Crippen LogP contribution >= 0.6 is 0 Å². The van der Waals surface area contributed by atoms with E-state index in [1.165, 1.54) is 12.7 Å². The van der Waals surface area contributed by atoms with Gasteiger partial charge in [0.25, 0.3) is 0 Å². The molecule has 0 amide bonds. The van der Waals surface area contributed by atoms with Crippen LogP contribution in [0.1, 0.15) is 35.8 Å². The average molecular weight is 308 g/mol. The highest BCUT2D eigenvalue weighted by Crippen LogP contribution is 2.44. The summed E-state index contributed by atoms with van der Waals surface area (Å²) in [6.45, 7) is 0. The first kappa shape index (κ1) is 15.5. The SMILES string of the molecule is COC(=O)C1CC(c2ccccc2)C(c2ccccc2)CC1=O. The second kappa shape index (κ2) is 6.78. The maximum Gasteiger partial charge on any atom is 0.316 e. The van der Waals surface area contributed by atoms with E-state index >= 15 is 0 Å². The van der Waals surface area contributed by atoms with Gasteiger partial charge in [0.2, 0.25) is 0 Å². The Morgan fingerprint density at radius 3 is 1.96 bits per heavy atom. The van der Waals surface area contributed by atoms with Crippen LogP contribution in [0.5, 0.6) is 0 Å². The normalized spacial score (nSPS) is 24.2. The van der Waals surface area contributed by atoms with E-state index in [-0.39, 0.29) is 17.6 Å². The topological polar surface area (TPSA) is 43.4 Å². The lowest BCUT2D eigenvalue weighted by molar-refractivity contribution is -0.151. The zero-order valence-electron chi connectivity index (χ0n) is 13.1. The number of ether oxygens (including phenoxy) is 1. The van der Waals surface area contributed by atoms with Crippen LogP contribution in [0, 0.1) is 5.92 Å². The fourth-order valence-electron chi connectivity index (χ4n) is 3.54. The summed E-state index contributed by atoms with van der Waals surface area (Å²) < 4.78 is 4.83. The van der Waals surface area contributed by atoms with Gasteiger partial charge in [-0.25, -0.2) is 0 Å². The summed E-state index contributed by atoms with van der Waals surface area (Å²) in [6, 6.07) is 20.2. The number of hydrogen-bond acceptors (Lipinski definition) is 3. The van der Waals surface area contributed by atoms with E-state index in [9.17, 15) is 9.59 Å². The summed E-state index contributed by atoms with van der Waals surface area (Å²) in [5, 5.41) is 0. The van der Waals surface area contributed by atoms with Crippen molar-refractivity contribution in [2.75, 3.05) is 7.11 Å². The molecule has 0 heterocycles. The predicted molar refractivity (Wildman–Crippen MR) is 88.1 cm³/mol. The van der Waals surface area contributed by atoms with Gasteiger partial charge in [-0.3, -0.25) is 9.59 Å². The molecule has 0 saturated heterocycles. The zero-order valence-corrected chi connectivity index (χ0v) is 13.1. The quantitative estimate of drug-likeness (QED) is 0.641. The number of benzene rings is 2. The van der Waals surface area contributed by atoms with Crippen LogP contribution in [0.2, 0.25) is 0 Å². The molecule has 1 aliphatic carbocycles. The van der Waals surface area contributed by atoms with Crippen LogP contribution in [0.25, 0.3) is 0 Å². The first-order valence-electron chi connectivity index (χ1n) is 7.91. The van der Waals surface area contributed by atoms with Crippen molar-refractivity contribution in [1.82, 2.24) is 0 Å². The van der Waals surface area contributed by atoms with Crippen LogP contribution in [0.4, 0.5) is 0 Å². The first-order chi connectivity index (χ1) is 11.2. The van der Waals surface area contributed by atoms with Crippen LogP contribution in [0.3, 0.4) is 0 Å². The maximum absolute atomic E-state index is 12.5. The van der Waals surface area contributed by atoms with Crippen LogP contribution in [-0.4, -0.2) is 18.9 Å². The lowest BCUT2D eigenvalue weighted by Gasteiger charge is -2.35. The predicted octanol–water partition coefficient (Wildman–Crippen LogP) is 3.71. The molecule has 1 fully saturated rings. The minimum Gasteiger partial charge on any atom is -0.468 e. The Kier molecular flexibility index (Phi) is 4.56. The molecular weight excluding hydrogens is 288 g/mol. The smallest absolute Gasteiger partial charge is 0.316 e. The van der Waals surface area contributed by atoms with Crippen LogP contribution < -0.4 is 0 Å². The van der Waals surface area contributed by atoms with E-state index < -0.39 is 11.9 Å². The largest absolute Gasteiger partial charge is 0.468 e. The molecule has 3 nitrogen and oxygen atoms in total. The molecule has 3 rings (SSSR count). The van der Waals surface area contributed by atoms with E-state index in [1.807, 2.05) is 36.4 Å². The van der Waals surface area contributed by atoms with Gasteiger partial charge < -0.3 is 4.74 Å². The summed E-state index contributed by atoms with van der Waals surface area (Å²) in [5.41, 5.74) is 2.32. The summed E-state index contributed by atoms with van der Waals surface area (Å²) in [6.07, 6.45) is 0.887. The third-order valence-corrected chi connectivity index (χ3v) is 4.73. The van der Waals surface area contributed by atoms with Gasteiger partial charge in [0.05, 0.1) is 7.11 Å². The molecule has 0 bridgehead atoms. The van der Waals surface area contributed by atoms with Gasteiger partial charge >= 0.3 is 5.97 Å². The lowest BCUT2D eigenvalue weighted by Crippen LogP contribution is -2.35. The van der Waals surface area contributed by atoms with E-state index in [1.54, 1.807) is 0 Å². The van der Waals surface area contributed by atoms with E-state index in [0.717, 1.165) is 5.56 Å². The Bertz CT molecular complexity index is 679. The van der Waals surface area contributed by atoms with Crippen molar-refractivity contribution >= 4 is 11.8 Å². The molecule has 118 valence electrons. The zero-order chi connectivity index (χ0) is 16.2. The monoisotopic (exact) mass is 308 g/mol. The van der Waals surface area contributed by atoms with Crippen LogP contribution in [0.15, 0.2) is 60.7 Å². The number of rotatable bonds is 3. The fraction of sp³-hybridized carbons (Fsp3) is 0.300. The summed E-state index contributed by atoms with van der Waals surface area (Å²) in [7, 11) is 1.34. The number of hydrogen-bond donors (Lipinski definition) is 0. The molecule has 23 heavy (non-hydrogen) atoms. The fourth-order valence-corrected chi connectivity index (χ4v) is 3.54. The van der Waals surface area contributed by atoms with Crippen molar-refractivity contribution < 1.29 is 14.3 Å². The third-order valence-electron chi connectivity index (χ3n) is 4.73. The molecule has 1 aliphatic rings. The molecule has 0 N–H and O–H groups in total. The highest BCUT2D eigenvalue weighted by molar-refractivity contribution is 6.00. The minimum absolute atomic E-state index is 0.0158. The van der Waals surface area contributed by atoms with Gasteiger partial charge in [0, 0.05) is 6.42 Å². The molecule has 0 aromatic heterocycles.